The number of hydrogen-bond donors (Lipinski definition) is 1. The fraction of sp³-hybridized carbons (Fsp3) is 0.0833. The van der Waals surface area contributed by atoms with Crippen LogP contribution in [0.25, 0.3) is 0 Å². The molecule has 0 saturated carbocycles. The first kappa shape index (κ1) is 12.3. The molecule has 0 saturated heterocycles. The standard InChI is InChI=1S/C12H10ClN3O2/c1-18-12(17)8-3-2-4-9(5-8)16-11-6-10(13)14-7-15-11/h2-7H,1H3,(H,14,15,16). The number of nitrogens with zero attached hydrogens (tertiary/aromatic N) is 2. The van der Waals surface area contributed by atoms with Gasteiger partial charge in [-0.15, -0.1) is 0 Å². The van der Waals surface area contributed by atoms with E-state index >= 15 is 0 Å². The zero-order valence-corrected chi connectivity index (χ0v) is 10.3. The van der Waals surface area contributed by atoms with Crippen molar-refractivity contribution in [2.45, 2.75) is 0 Å². The van der Waals surface area contributed by atoms with E-state index in [1.807, 2.05) is 6.07 Å². The molecule has 2 rings (SSSR count). The summed E-state index contributed by atoms with van der Waals surface area (Å²) in [6, 6.07) is 8.48. The van der Waals surface area contributed by atoms with Gasteiger partial charge in [-0.05, 0) is 18.2 Å². The van der Waals surface area contributed by atoms with Gasteiger partial charge >= 0.3 is 5.97 Å². The van der Waals surface area contributed by atoms with Gasteiger partial charge in [-0.2, -0.15) is 0 Å². The van der Waals surface area contributed by atoms with Gasteiger partial charge in [0.05, 0.1) is 12.7 Å². The Labute approximate surface area is 109 Å². The first-order valence-corrected chi connectivity index (χ1v) is 5.50. The van der Waals surface area contributed by atoms with Gasteiger partial charge in [-0.1, -0.05) is 17.7 Å². The van der Waals surface area contributed by atoms with Crippen molar-refractivity contribution in [3.8, 4) is 0 Å². The highest BCUT2D eigenvalue weighted by atomic mass is 35.5. The Kier molecular flexibility index (Phi) is 3.74. The number of esters is 1. The van der Waals surface area contributed by atoms with Gasteiger partial charge in [-0.3, -0.25) is 0 Å². The zero-order valence-electron chi connectivity index (χ0n) is 9.55. The van der Waals surface area contributed by atoms with E-state index in [9.17, 15) is 4.79 Å². The van der Waals surface area contributed by atoms with Crippen molar-refractivity contribution in [3.63, 3.8) is 0 Å². The minimum absolute atomic E-state index is 0.344. The Morgan fingerprint density at radius 1 is 1.33 bits per heavy atom. The molecule has 0 aliphatic carbocycles. The van der Waals surface area contributed by atoms with E-state index < -0.39 is 0 Å². The lowest BCUT2D eigenvalue weighted by Crippen LogP contribution is -2.02. The molecule has 0 aliphatic heterocycles. The number of methoxy groups -OCH3 is 1. The summed E-state index contributed by atoms with van der Waals surface area (Å²) in [7, 11) is 1.34. The summed E-state index contributed by atoms with van der Waals surface area (Å²) in [6.45, 7) is 0. The molecule has 1 N–H and O–H groups in total. The summed E-state index contributed by atoms with van der Waals surface area (Å²) in [5.74, 6) is 0.163. The van der Waals surface area contributed by atoms with Crippen LogP contribution in [0.1, 0.15) is 10.4 Å². The predicted octanol–water partition coefficient (Wildman–Crippen LogP) is 2.66. The Bertz CT molecular complexity index is 575. The van der Waals surface area contributed by atoms with Gasteiger partial charge in [0.25, 0.3) is 0 Å². The third kappa shape index (κ3) is 2.95. The third-order valence-corrected chi connectivity index (χ3v) is 2.40. The van der Waals surface area contributed by atoms with E-state index in [2.05, 4.69) is 20.0 Å². The number of carbonyl (C=O) groups excluding carboxylic acids is 1. The maximum Gasteiger partial charge on any atom is 0.337 e. The molecule has 0 aliphatic rings. The van der Waals surface area contributed by atoms with E-state index in [1.54, 1.807) is 24.3 Å². The fourth-order valence-electron chi connectivity index (χ4n) is 1.39. The second kappa shape index (κ2) is 5.46. The van der Waals surface area contributed by atoms with E-state index in [-0.39, 0.29) is 5.97 Å². The quantitative estimate of drug-likeness (QED) is 0.681. The van der Waals surface area contributed by atoms with Crippen molar-refractivity contribution in [2.75, 3.05) is 12.4 Å². The lowest BCUT2D eigenvalue weighted by molar-refractivity contribution is 0.0601. The van der Waals surface area contributed by atoms with Crippen LogP contribution in [0.2, 0.25) is 5.15 Å². The summed E-state index contributed by atoms with van der Waals surface area (Å²) in [5.41, 5.74) is 1.18. The maximum absolute atomic E-state index is 11.4. The zero-order chi connectivity index (χ0) is 13.0. The summed E-state index contributed by atoms with van der Waals surface area (Å²) >= 11 is 5.75. The van der Waals surface area contributed by atoms with Crippen LogP contribution in [0.3, 0.4) is 0 Å². The first-order valence-electron chi connectivity index (χ1n) is 5.12. The molecule has 0 atom stereocenters. The van der Waals surface area contributed by atoms with Crippen LogP contribution in [-0.4, -0.2) is 23.0 Å². The normalized spacial score (nSPS) is 9.89. The third-order valence-electron chi connectivity index (χ3n) is 2.19. The van der Waals surface area contributed by atoms with E-state index in [4.69, 9.17) is 11.6 Å². The number of nitrogens with one attached hydrogen (secondary N) is 1. The van der Waals surface area contributed by atoms with Crippen molar-refractivity contribution in [2.24, 2.45) is 0 Å². The number of ether oxygens (including phenoxy) is 1. The topological polar surface area (TPSA) is 64.1 Å². The van der Waals surface area contributed by atoms with Crippen molar-refractivity contribution < 1.29 is 9.53 Å². The van der Waals surface area contributed by atoms with E-state index in [1.165, 1.54) is 13.4 Å². The molecule has 0 fully saturated rings. The fourth-order valence-corrected chi connectivity index (χ4v) is 1.54. The minimum atomic E-state index is -0.389. The highest BCUT2D eigenvalue weighted by molar-refractivity contribution is 6.29. The average molecular weight is 264 g/mol. The van der Waals surface area contributed by atoms with Crippen LogP contribution in [0.5, 0.6) is 0 Å². The molecule has 1 heterocycles. The lowest BCUT2D eigenvalue weighted by Gasteiger charge is -2.06. The smallest absolute Gasteiger partial charge is 0.337 e. The summed E-state index contributed by atoms with van der Waals surface area (Å²) in [5, 5.41) is 3.36. The molecule has 0 amide bonds. The Morgan fingerprint density at radius 3 is 2.89 bits per heavy atom. The van der Waals surface area contributed by atoms with Crippen molar-refractivity contribution >= 4 is 29.1 Å². The maximum atomic E-state index is 11.4. The molecule has 0 spiro atoms. The van der Waals surface area contributed by atoms with Gasteiger partial charge in [-0.25, -0.2) is 14.8 Å². The van der Waals surface area contributed by atoms with Gasteiger partial charge in [0.1, 0.15) is 17.3 Å². The Morgan fingerprint density at radius 2 is 2.17 bits per heavy atom. The summed E-state index contributed by atoms with van der Waals surface area (Å²) < 4.78 is 4.65. The molecule has 1 aromatic heterocycles. The Balaban J connectivity index is 2.22. The monoisotopic (exact) mass is 263 g/mol. The van der Waals surface area contributed by atoms with Crippen LogP contribution < -0.4 is 5.32 Å². The molecule has 5 nitrogen and oxygen atoms in total. The SMILES string of the molecule is COC(=O)c1cccc(Nc2cc(Cl)ncn2)c1. The van der Waals surface area contributed by atoms with Gasteiger partial charge in [0, 0.05) is 11.8 Å². The second-order valence-electron chi connectivity index (χ2n) is 3.42. The Hall–Kier alpha value is -2.14. The molecular formula is C12H10ClN3O2. The van der Waals surface area contributed by atoms with Crippen LogP contribution in [-0.2, 0) is 4.74 Å². The molecule has 92 valence electrons. The minimum Gasteiger partial charge on any atom is -0.465 e. The molecule has 0 bridgehead atoms. The van der Waals surface area contributed by atoms with Gasteiger partial charge < -0.3 is 10.1 Å². The largest absolute Gasteiger partial charge is 0.465 e. The van der Waals surface area contributed by atoms with Crippen molar-refractivity contribution in [1.29, 1.82) is 0 Å². The first-order chi connectivity index (χ1) is 8.69. The highest BCUT2D eigenvalue weighted by Gasteiger charge is 2.06. The van der Waals surface area contributed by atoms with Crippen molar-refractivity contribution in [3.05, 3.63) is 47.4 Å². The number of anilines is 2. The predicted molar refractivity (Wildman–Crippen MR) is 68.1 cm³/mol. The summed E-state index contributed by atoms with van der Waals surface area (Å²) in [4.78, 5) is 19.2. The van der Waals surface area contributed by atoms with Crippen LogP contribution in [0, 0.1) is 0 Å². The molecule has 0 unspecified atom stereocenters. The van der Waals surface area contributed by atoms with Crippen LogP contribution in [0.15, 0.2) is 36.7 Å². The molecule has 0 radical (unpaired) electrons. The molecule has 18 heavy (non-hydrogen) atoms. The van der Waals surface area contributed by atoms with Gasteiger partial charge in [0.15, 0.2) is 0 Å². The van der Waals surface area contributed by atoms with Gasteiger partial charge in [0.2, 0.25) is 0 Å². The second-order valence-corrected chi connectivity index (χ2v) is 3.81. The molecular weight excluding hydrogens is 254 g/mol. The molecule has 2 aromatic rings. The van der Waals surface area contributed by atoms with Crippen LogP contribution >= 0.6 is 11.6 Å². The lowest BCUT2D eigenvalue weighted by atomic mass is 10.2. The number of hydrogen-bond acceptors (Lipinski definition) is 5. The van der Waals surface area contributed by atoms with E-state index in [0.29, 0.717) is 22.2 Å². The van der Waals surface area contributed by atoms with Crippen LogP contribution in [0.4, 0.5) is 11.5 Å². The number of benzene rings is 1. The molecule has 6 heteroatoms. The number of aromatic nitrogens is 2. The number of carbonyl (C=O) groups is 1. The van der Waals surface area contributed by atoms with Crippen molar-refractivity contribution in [1.82, 2.24) is 9.97 Å². The average Bonchev–Trinajstić information content (AvgIpc) is 2.38. The summed E-state index contributed by atoms with van der Waals surface area (Å²) in [6.07, 6.45) is 1.36. The highest BCUT2D eigenvalue weighted by Crippen LogP contribution is 2.17. The number of rotatable bonds is 3. The van der Waals surface area contributed by atoms with E-state index in [0.717, 1.165) is 0 Å². The molecule has 1 aromatic carbocycles. The number of halogens is 1.